The highest BCUT2D eigenvalue weighted by Gasteiger charge is 2.22. The van der Waals surface area contributed by atoms with Crippen molar-refractivity contribution < 1.29 is 13.9 Å². The first-order valence-corrected chi connectivity index (χ1v) is 8.78. The predicted molar refractivity (Wildman–Crippen MR) is 98.2 cm³/mol. The van der Waals surface area contributed by atoms with E-state index in [0.29, 0.717) is 24.6 Å². The summed E-state index contributed by atoms with van der Waals surface area (Å²) < 4.78 is 18.5. The number of amides is 1. The summed E-state index contributed by atoms with van der Waals surface area (Å²) in [7, 11) is 0. The van der Waals surface area contributed by atoms with Gasteiger partial charge in [0.2, 0.25) is 5.91 Å². The highest BCUT2D eigenvalue weighted by Crippen LogP contribution is 2.10. The number of halogens is 1. The number of carbonyl (C=O) groups excluding carboxylic acids is 1. The quantitative estimate of drug-likeness (QED) is 0.538. The number of morpholine rings is 1. The van der Waals surface area contributed by atoms with Gasteiger partial charge in [-0.2, -0.15) is 0 Å². The molecule has 2 rings (SSSR count). The van der Waals surface area contributed by atoms with E-state index in [2.05, 4.69) is 21.1 Å². The van der Waals surface area contributed by atoms with Crippen molar-refractivity contribution in [1.82, 2.24) is 21.1 Å². The number of carbonyl (C=O) groups is 1. The maximum Gasteiger partial charge on any atom is 0.239 e. The molecule has 0 bridgehead atoms. The van der Waals surface area contributed by atoms with Gasteiger partial charge in [0.1, 0.15) is 5.82 Å². The van der Waals surface area contributed by atoms with Gasteiger partial charge in [0, 0.05) is 32.6 Å². The maximum atomic E-state index is 12.8. The Balaban J connectivity index is 1.60. The Morgan fingerprint density at radius 2 is 1.88 bits per heavy atom. The second-order valence-electron chi connectivity index (χ2n) is 6.25. The first-order valence-electron chi connectivity index (χ1n) is 8.37. The number of thiocarbonyl (C=S) groups is 1. The van der Waals surface area contributed by atoms with E-state index in [-0.39, 0.29) is 23.9 Å². The third kappa shape index (κ3) is 7.33. The van der Waals surface area contributed by atoms with Crippen LogP contribution in [0.1, 0.15) is 25.8 Å². The molecule has 2 atom stereocenters. The molecule has 0 spiro atoms. The van der Waals surface area contributed by atoms with Crippen LogP contribution in [0.2, 0.25) is 0 Å². The minimum atomic E-state index is -0.277. The third-order valence-electron chi connectivity index (χ3n) is 3.83. The summed E-state index contributed by atoms with van der Waals surface area (Å²) in [5.41, 5.74) is 6.15. The first kappa shape index (κ1) is 19.6. The predicted octanol–water partition coefficient (Wildman–Crippen LogP) is 1.32. The Morgan fingerprint density at radius 1 is 1.24 bits per heavy atom. The first-order chi connectivity index (χ1) is 11.9. The Morgan fingerprint density at radius 3 is 2.52 bits per heavy atom. The molecule has 1 amide bonds. The van der Waals surface area contributed by atoms with Gasteiger partial charge in [-0.05, 0) is 43.8 Å². The normalized spacial score (nSPS) is 20.8. The van der Waals surface area contributed by atoms with E-state index in [1.165, 1.54) is 12.1 Å². The molecule has 1 aliphatic heterocycles. The molecule has 0 aliphatic carbocycles. The van der Waals surface area contributed by atoms with Crippen LogP contribution in [-0.4, -0.2) is 47.8 Å². The average Bonchev–Trinajstić information content (AvgIpc) is 2.57. The molecule has 0 aromatic heterocycles. The number of nitrogens with zero attached hydrogens (tertiary/aromatic N) is 1. The van der Waals surface area contributed by atoms with Gasteiger partial charge in [-0.1, -0.05) is 12.1 Å². The second-order valence-corrected chi connectivity index (χ2v) is 6.66. The number of hydrogen-bond donors (Lipinski definition) is 3. The number of benzene rings is 1. The van der Waals surface area contributed by atoms with Crippen molar-refractivity contribution in [2.75, 3.05) is 19.6 Å². The van der Waals surface area contributed by atoms with E-state index in [0.717, 1.165) is 18.7 Å². The molecule has 25 heavy (non-hydrogen) atoms. The molecular weight excluding hydrogens is 343 g/mol. The number of ether oxygens (including phenoxy) is 1. The summed E-state index contributed by atoms with van der Waals surface area (Å²) in [6, 6.07) is 6.13. The summed E-state index contributed by atoms with van der Waals surface area (Å²) in [5, 5.41) is 3.26. The molecule has 1 aliphatic rings. The third-order valence-corrected chi connectivity index (χ3v) is 4.08. The molecule has 1 saturated heterocycles. The van der Waals surface area contributed by atoms with Crippen LogP contribution < -0.4 is 16.2 Å². The topological polar surface area (TPSA) is 65.6 Å². The largest absolute Gasteiger partial charge is 0.373 e. The van der Waals surface area contributed by atoms with Gasteiger partial charge in [0.25, 0.3) is 0 Å². The van der Waals surface area contributed by atoms with E-state index in [1.807, 2.05) is 13.8 Å². The van der Waals surface area contributed by atoms with E-state index in [4.69, 9.17) is 17.0 Å². The number of hydrazine groups is 1. The van der Waals surface area contributed by atoms with Crippen LogP contribution in [0.5, 0.6) is 0 Å². The summed E-state index contributed by atoms with van der Waals surface area (Å²) in [4.78, 5) is 14.1. The van der Waals surface area contributed by atoms with Gasteiger partial charge in [0.15, 0.2) is 5.11 Å². The molecular formula is C17H25FN4O2S. The molecule has 0 unspecified atom stereocenters. The lowest BCUT2D eigenvalue weighted by Gasteiger charge is -2.35. The maximum absolute atomic E-state index is 12.8. The molecule has 0 radical (unpaired) electrons. The van der Waals surface area contributed by atoms with E-state index in [1.54, 1.807) is 12.1 Å². The SMILES string of the molecule is C[C@H]1CN(CCC(=O)NNC(=S)NCc2ccc(F)cc2)C[C@H](C)O1. The smallest absolute Gasteiger partial charge is 0.239 e. The van der Waals surface area contributed by atoms with Crippen molar-refractivity contribution in [2.45, 2.75) is 39.0 Å². The zero-order valence-electron chi connectivity index (χ0n) is 14.5. The Hall–Kier alpha value is -1.77. The molecule has 8 heteroatoms. The molecule has 0 saturated carbocycles. The van der Waals surface area contributed by atoms with Crippen LogP contribution in [0.15, 0.2) is 24.3 Å². The van der Waals surface area contributed by atoms with Gasteiger partial charge in [-0.15, -0.1) is 0 Å². The molecule has 3 N–H and O–H groups in total. The lowest BCUT2D eigenvalue weighted by Crippen LogP contribution is -2.49. The van der Waals surface area contributed by atoms with Gasteiger partial charge >= 0.3 is 0 Å². The molecule has 1 aromatic rings. The Bertz CT molecular complexity index is 575. The van der Waals surface area contributed by atoms with Crippen molar-refractivity contribution in [3.63, 3.8) is 0 Å². The van der Waals surface area contributed by atoms with Crippen molar-refractivity contribution >= 4 is 23.2 Å². The fourth-order valence-electron chi connectivity index (χ4n) is 2.74. The minimum absolute atomic E-state index is 0.127. The van der Waals surface area contributed by atoms with Gasteiger partial charge in [-0.3, -0.25) is 20.5 Å². The van der Waals surface area contributed by atoms with Crippen molar-refractivity contribution in [3.05, 3.63) is 35.6 Å². The summed E-state index contributed by atoms with van der Waals surface area (Å²) in [6.07, 6.45) is 0.758. The molecule has 6 nitrogen and oxygen atoms in total. The number of nitrogens with one attached hydrogen (secondary N) is 3. The van der Waals surface area contributed by atoms with E-state index >= 15 is 0 Å². The van der Waals surface area contributed by atoms with Gasteiger partial charge in [-0.25, -0.2) is 4.39 Å². The molecule has 138 valence electrons. The standard InChI is InChI=1S/C17H25FN4O2S/c1-12-10-22(11-13(2)24-12)8-7-16(23)20-21-17(25)19-9-14-3-5-15(18)6-4-14/h3-6,12-13H,7-11H2,1-2H3,(H,20,23)(H2,19,21,25)/t12-,13-/m0/s1. The Kier molecular flexibility index (Phi) is 7.54. The highest BCUT2D eigenvalue weighted by atomic mass is 32.1. The fourth-order valence-corrected chi connectivity index (χ4v) is 2.87. The van der Waals surface area contributed by atoms with Crippen LogP contribution in [0.4, 0.5) is 4.39 Å². The van der Waals surface area contributed by atoms with Crippen molar-refractivity contribution in [3.8, 4) is 0 Å². The summed E-state index contributed by atoms with van der Waals surface area (Å²) in [6.45, 7) is 6.88. The highest BCUT2D eigenvalue weighted by molar-refractivity contribution is 7.80. The number of rotatable bonds is 5. The van der Waals surface area contributed by atoms with E-state index < -0.39 is 0 Å². The van der Waals surface area contributed by atoms with Gasteiger partial charge < -0.3 is 10.1 Å². The van der Waals surface area contributed by atoms with E-state index in [9.17, 15) is 9.18 Å². The van der Waals surface area contributed by atoms with Crippen LogP contribution in [-0.2, 0) is 16.1 Å². The molecule has 1 fully saturated rings. The van der Waals surface area contributed by atoms with Crippen molar-refractivity contribution in [2.24, 2.45) is 0 Å². The summed E-state index contributed by atoms with van der Waals surface area (Å²) in [5.74, 6) is -0.404. The van der Waals surface area contributed by atoms with Gasteiger partial charge in [0.05, 0.1) is 12.2 Å². The fraction of sp³-hybridized carbons (Fsp3) is 0.529. The lowest BCUT2D eigenvalue weighted by molar-refractivity contribution is -0.123. The van der Waals surface area contributed by atoms with Crippen LogP contribution >= 0.6 is 12.2 Å². The van der Waals surface area contributed by atoms with Crippen LogP contribution in [0.25, 0.3) is 0 Å². The Labute approximate surface area is 153 Å². The molecule has 1 heterocycles. The monoisotopic (exact) mass is 368 g/mol. The van der Waals surface area contributed by atoms with Crippen LogP contribution in [0, 0.1) is 5.82 Å². The summed E-state index contributed by atoms with van der Waals surface area (Å²) >= 11 is 5.10. The number of hydrogen-bond acceptors (Lipinski definition) is 4. The molecule has 1 aromatic carbocycles. The minimum Gasteiger partial charge on any atom is -0.373 e. The average molecular weight is 368 g/mol. The zero-order chi connectivity index (χ0) is 18.2. The van der Waals surface area contributed by atoms with Crippen LogP contribution in [0.3, 0.4) is 0 Å². The zero-order valence-corrected chi connectivity index (χ0v) is 15.4. The lowest BCUT2D eigenvalue weighted by atomic mass is 10.2. The van der Waals surface area contributed by atoms with Crippen molar-refractivity contribution in [1.29, 1.82) is 0 Å². The second kappa shape index (κ2) is 9.65.